The van der Waals surface area contributed by atoms with Gasteiger partial charge in [0.1, 0.15) is 0 Å². The number of carbonyl (C=O) groups is 2. The van der Waals surface area contributed by atoms with Gasteiger partial charge in [-0.25, -0.2) is 0 Å². The Hall–Kier alpha value is -1.16. The van der Waals surface area contributed by atoms with Crippen LogP contribution in [0.25, 0.3) is 0 Å². The van der Waals surface area contributed by atoms with Crippen LogP contribution in [-0.4, -0.2) is 11.8 Å². The third kappa shape index (κ3) is 2.20. The number of hydrogen-bond acceptors (Lipinski definition) is 2. The van der Waals surface area contributed by atoms with E-state index < -0.39 is 5.41 Å². The van der Waals surface area contributed by atoms with Crippen molar-refractivity contribution >= 4 is 33.4 Å². The van der Waals surface area contributed by atoms with Gasteiger partial charge in [0.2, 0.25) is 11.8 Å². The molecule has 0 saturated carbocycles. The first kappa shape index (κ1) is 15.2. The molecule has 2 rings (SSSR count). The molecule has 3 nitrogen and oxygen atoms in total. The van der Waals surface area contributed by atoms with E-state index in [1.54, 1.807) is 0 Å². The van der Waals surface area contributed by atoms with Crippen molar-refractivity contribution in [1.29, 1.82) is 0 Å². The molecule has 108 valence electrons. The van der Waals surface area contributed by atoms with Crippen LogP contribution < -0.4 is 4.90 Å². The summed E-state index contributed by atoms with van der Waals surface area (Å²) < 4.78 is 1.03. The van der Waals surface area contributed by atoms with E-state index in [1.807, 2.05) is 39.8 Å². The van der Waals surface area contributed by atoms with Gasteiger partial charge in [-0.3, -0.25) is 14.5 Å². The molecule has 0 spiro atoms. The summed E-state index contributed by atoms with van der Waals surface area (Å²) in [7, 11) is 0. The van der Waals surface area contributed by atoms with Gasteiger partial charge in [0.05, 0.1) is 11.1 Å². The van der Waals surface area contributed by atoms with Gasteiger partial charge in [-0.05, 0) is 49.9 Å². The van der Waals surface area contributed by atoms with Crippen LogP contribution >= 0.6 is 15.9 Å². The lowest BCUT2D eigenvalue weighted by molar-refractivity contribution is -0.126. The van der Waals surface area contributed by atoms with Gasteiger partial charge in [0.15, 0.2) is 0 Å². The third-order valence-electron chi connectivity index (χ3n) is 4.43. The number of benzene rings is 1. The molecule has 20 heavy (non-hydrogen) atoms. The van der Waals surface area contributed by atoms with E-state index in [1.165, 1.54) is 4.90 Å². The van der Waals surface area contributed by atoms with Gasteiger partial charge in [-0.15, -0.1) is 0 Å². The lowest BCUT2D eigenvalue weighted by Gasteiger charge is -2.24. The minimum absolute atomic E-state index is 0.0476. The van der Waals surface area contributed by atoms with Crippen LogP contribution in [0.4, 0.5) is 5.69 Å². The average Bonchev–Trinajstić information content (AvgIpc) is 2.67. The molecule has 1 fully saturated rings. The Morgan fingerprint density at radius 3 is 2.05 bits per heavy atom. The Balaban J connectivity index is 2.49. The van der Waals surface area contributed by atoms with Crippen LogP contribution in [0.3, 0.4) is 0 Å². The molecular formula is C16H20BrNO2. The molecule has 1 aliphatic heterocycles. The number of anilines is 1. The molecule has 2 amide bonds. The molecule has 1 heterocycles. The van der Waals surface area contributed by atoms with E-state index in [-0.39, 0.29) is 11.8 Å². The normalized spacial score (nSPS) is 17.9. The van der Waals surface area contributed by atoms with Crippen LogP contribution in [0, 0.1) is 19.3 Å². The van der Waals surface area contributed by atoms with E-state index in [2.05, 4.69) is 15.9 Å². The Kier molecular flexibility index (Phi) is 4.05. The fraction of sp³-hybridized carbons (Fsp3) is 0.500. The monoisotopic (exact) mass is 337 g/mol. The largest absolute Gasteiger partial charge is 0.274 e. The predicted octanol–water partition coefficient (Wildman–Crippen LogP) is 4.14. The average molecular weight is 338 g/mol. The van der Waals surface area contributed by atoms with Crippen molar-refractivity contribution in [3.63, 3.8) is 0 Å². The summed E-state index contributed by atoms with van der Waals surface area (Å²) in [5.41, 5.74) is 2.26. The third-order valence-corrected chi connectivity index (χ3v) is 5.68. The lowest BCUT2D eigenvalue weighted by atomic mass is 9.81. The van der Waals surface area contributed by atoms with Crippen molar-refractivity contribution in [2.45, 2.75) is 47.0 Å². The molecule has 1 aliphatic rings. The number of nitrogens with zero attached hydrogens (tertiary/aromatic N) is 1. The van der Waals surface area contributed by atoms with E-state index in [9.17, 15) is 9.59 Å². The quantitative estimate of drug-likeness (QED) is 0.777. The number of carbonyl (C=O) groups excluding carboxylic acids is 2. The van der Waals surface area contributed by atoms with Gasteiger partial charge < -0.3 is 0 Å². The maximum Gasteiger partial charge on any atom is 0.240 e. The summed E-state index contributed by atoms with van der Waals surface area (Å²) in [5.74, 6) is -0.131. The highest BCUT2D eigenvalue weighted by Crippen LogP contribution is 2.42. The van der Waals surface area contributed by atoms with Gasteiger partial charge in [-0.1, -0.05) is 29.8 Å². The Bertz CT molecular complexity index is 553. The summed E-state index contributed by atoms with van der Waals surface area (Å²) in [6.07, 6.45) is 1.74. The van der Waals surface area contributed by atoms with Crippen molar-refractivity contribution in [2.75, 3.05) is 4.90 Å². The lowest BCUT2D eigenvalue weighted by Crippen LogP contribution is -2.35. The van der Waals surface area contributed by atoms with Crippen molar-refractivity contribution in [3.05, 3.63) is 27.7 Å². The predicted molar refractivity (Wildman–Crippen MR) is 83.7 cm³/mol. The minimum Gasteiger partial charge on any atom is -0.274 e. The Morgan fingerprint density at radius 2 is 1.65 bits per heavy atom. The van der Waals surface area contributed by atoms with E-state index in [4.69, 9.17) is 0 Å². The van der Waals surface area contributed by atoms with Crippen LogP contribution in [-0.2, 0) is 9.59 Å². The molecule has 4 heteroatoms. The number of rotatable bonds is 3. The summed E-state index contributed by atoms with van der Waals surface area (Å²) in [6, 6.07) is 3.79. The number of aryl methyl sites for hydroxylation is 2. The maximum atomic E-state index is 12.7. The number of halogens is 1. The second-order valence-electron chi connectivity index (χ2n) is 5.59. The Morgan fingerprint density at radius 1 is 1.15 bits per heavy atom. The fourth-order valence-electron chi connectivity index (χ4n) is 2.91. The molecule has 0 N–H and O–H groups in total. The van der Waals surface area contributed by atoms with Crippen molar-refractivity contribution in [1.82, 2.24) is 0 Å². The zero-order valence-electron chi connectivity index (χ0n) is 12.4. The molecule has 0 aliphatic carbocycles. The molecule has 0 aromatic heterocycles. The molecule has 1 saturated heterocycles. The van der Waals surface area contributed by atoms with Crippen LogP contribution in [0.5, 0.6) is 0 Å². The molecule has 0 atom stereocenters. The van der Waals surface area contributed by atoms with Crippen LogP contribution in [0.15, 0.2) is 16.6 Å². The highest BCUT2D eigenvalue weighted by atomic mass is 79.9. The minimum atomic E-state index is -0.508. The molecule has 0 unspecified atom stereocenters. The van der Waals surface area contributed by atoms with Crippen molar-refractivity contribution in [2.24, 2.45) is 5.41 Å². The number of amides is 2. The first-order valence-corrected chi connectivity index (χ1v) is 7.79. The molecule has 1 aromatic carbocycles. The zero-order chi connectivity index (χ0) is 15.1. The topological polar surface area (TPSA) is 37.4 Å². The number of hydrogen-bond donors (Lipinski definition) is 0. The summed E-state index contributed by atoms with van der Waals surface area (Å²) >= 11 is 3.51. The first-order chi connectivity index (χ1) is 9.36. The Labute approximate surface area is 128 Å². The molecule has 0 radical (unpaired) electrons. The smallest absolute Gasteiger partial charge is 0.240 e. The van der Waals surface area contributed by atoms with E-state index in [0.29, 0.717) is 24.9 Å². The molecule has 1 aromatic rings. The maximum absolute atomic E-state index is 12.7. The summed E-state index contributed by atoms with van der Waals surface area (Å²) in [4.78, 5) is 26.4. The van der Waals surface area contributed by atoms with Gasteiger partial charge in [0, 0.05) is 10.9 Å². The highest BCUT2D eigenvalue weighted by Gasteiger charge is 2.49. The molecule has 0 bridgehead atoms. The number of imide groups is 1. The zero-order valence-corrected chi connectivity index (χ0v) is 14.0. The van der Waals surface area contributed by atoms with Gasteiger partial charge in [-0.2, -0.15) is 0 Å². The first-order valence-electron chi connectivity index (χ1n) is 7.00. The van der Waals surface area contributed by atoms with Crippen molar-refractivity contribution in [3.8, 4) is 0 Å². The highest BCUT2D eigenvalue weighted by molar-refractivity contribution is 9.10. The van der Waals surface area contributed by atoms with E-state index in [0.717, 1.165) is 15.6 Å². The van der Waals surface area contributed by atoms with Gasteiger partial charge in [0.25, 0.3) is 0 Å². The second-order valence-corrected chi connectivity index (χ2v) is 6.39. The summed E-state index contributed by atoms with van der Waals surface area (Å²) in [5, 5.41) is 0. The van der Waals surface area contributed by atoms with Crippen molar-refractivity contribution < 1.29 is 9.59 Å². The van der Waals surface area contributed by atoms with Gasteiger partial charge >= 0.3 is 0 Å². The SMILES string of the molecule is CCC1(CC)CC(=O)N(c2cc(C)c(Br)c(C)c2)C1=O. The standard InChI is InChI=1S/C16H20BrNO2/c1-5-16(6-2)9-13(19)18(15(16)20)12-7-10(3)14(17)11(4)8-12/h7-8H,5-6,9H2,1-4H3. The molecular weight excluding hydrogens is 318 g/mol. The van der Waals surface area contributed by atoms with Crippen LogP contribution in [0.2, 0.25) is 0 Å². The second kappa shape index (κ2) is 5.32. The van der Waals surface area contributed by atoms with Crippen LogP contribution in [0.1, 0.15) is 44.2 Å². The summed E-state index contributed by atoms with van der Waals surface area (Å²) in [6.45, 7) is 7.91. The fourth-order valence-corrected chi connectivity index (χ4v) is 3.14. The van der Waals surface area contributed by atoms with E-state index >= 15 is 0 Å².